The predicted octanol–water partition coefficient (Wildman–Crippen LogP) is 1.73. The third-order valence-corrected chi connectivity index (χ3v) is 2.60. The van der Waals surface area contributed by atoms with Gasteiger partial charge in [-0.05, 0) is 24.5 Å². The van der Waals surface area contributed by atoms with E-state index in [1.54, 1.807) is 6.20 Å². The van der Waals surface area contributed by atoms with Crippen molar-refractivity contribution in [3.63, 3.8) is 0 Å². The first-order chi connectivity index (χ1) is 7.35. The predicted molar refractivity (Wildman–Crippen MR) is 60.7 cm³/mol. The minimum absolute atomic E-state index is 0.0537. The molecule has 1 heterocycles. The molecule has 0 spiro atoms. The highest BCUT2D eigenvalue weighted by Crippen LogP contribution is 2.30. The van der Waals surface area contributed by atoms with Gasteiger partial charge in [-0.3, -0.25) is 0 Å². The molecule has 3 nitrogen and oxygen atoms in total. The van der Waals surface area contributed by atoms with Crippen LogP contribution in [-0.2, 0) is 6.61 Å². The molecule has 0 saturated heterocycles. The van der Waals surface area contributed by atoms with Crippen molar-refractivity contribution in [3.05, 3.63) is 36.5 Å². The molecule has 1 N–H and O–H groups in total. The lowest BCUT2D eigenvalue weighted by Gasteiger charge is -2.21. The van der Waals surface area contributed by atoms with E-state index in [0.29, 0.717) is 6.04 Å². The molecule has 0 bridgehead atoms. The van der Waals surface area contributed by atoms with Crippen LogP contribution in [0.25, 0.3) is 0 Å². The maximum Gasteiger partial charge on any atom is 0.129 e. The Hall–Kier alpha value is -1.35. The van der Waals surface area contributed by atoms with Gasteiger partial charge >= 0.3 is 0 Å². The maximum atomic E-state index is 8.92. The zero-order chi connectivity index (χ0) is 10.7. The van der Waals surface area contributed by atoms with Crippen molar-refractivity contribution >= 4 is 5.82 Å². The molecule has 1 aromatic rings. The number of pyridine rings is 1. The number of hydrogen-bond acceptors (Lipinski definition) is 3. The first-order valence-electron chi connectivity index (χ1n) is 5.28. The van der Waals surface area contributed by atoms with Crippen LogP contribution in [0.3, 0.4) is 0 Å². The highest BCUT2D eigenvalue weighted by atomic mass is 16.3. The second kappa shape index (κ2) is 4.45. The highest BCUT2D eigenvalue weighted by Gasteiger charge is 2.28. The molecule has 1 aliphatic carbocycles. The van der Waals surface area contributed by atoms with Gasteiger partial charge in [-0.15, -0.1) is 6.58 Å². The summed E-state index contributed by atoms with van der Waals surface area (Å²) in [5, 5.41) is 8.92. The number of aliphatic hydroxyl groups excluding tert-OH is 1. The van der Waals surface area contributed by atoms with Gasteiger partial charge in [0, 0.05) is 18.8 Å². The Morgan fingerprint density at radius 1 is 1.53 bits per heavy atom. The highest BCUT2D eigenvalue weighted by molar-refractivity contribution is 5.42. The van der Waals surface area contributed by atoms with Gasteiger partial charge in [-0.25, -0.2) is 4.98 Å². The van der Waals surface area contributed by atoms with Crippen LogP contribution >= 0.6 is 0 Å². The lowest BCUT2D eigenvalue weighted by atomic mass is 10.3. The molecule has 2 rings (SSSR count). The summed E-state index contributed by atoms with van der Waals surface area (Å²) < 4.78 is 0. The van der Waals surface area contributed by atoms with Crippen molar-refractivity contribution < 1.29 is 5.11 Å². The Morgan fingerprint density at radius 3 is 2.80 bits per heavy atom. The summed E-state index contributed by atoms with van der Waals surface area (Å²) in [7, 11) is 0. The fourth-order valence-corrected chi connectivity index (χ4v) is 1.64. The molecule has 15 heavy (non-hydrogen) atoms. The van der Waals surface area contributed by atoms with Crippen LogP contribution in [0.15, 0.2) is 31.0 Å². The zero-order valence-corrected chi connectivity index (χ0v) is 8.76. The Labute approximate surface area is 90.1 Å². The second-order valence-corrected chi connectivity index (χ2v) is 3.85. The monoisotopic (exact) mass is 204 g/mol. The van der Waals surface area contributed by atoms with E-state index in [0.717, 1.165) is 17.9 Å². The standard InChI is InChI=1S/C12H16N2O/c1-2-7-14(11-4-5-11)12-6-3-10(9-15)8-13-12/h2-3,6,8,11,15H,1,4-5,7,9H2. The SMILES string of the molecule is C=CCN(c1ccc(CO)cn1)C1CC1. The van der Waals surface area contributed by atoms with Crippen LogP contribution in [-0.4, -0.2) is 22.7 Å². The second-order valence-electron chi connectivity index (χ2n) is 3.85. The maximum absolute atomic E-state index is 8.92. The van der Waals surface area contributed by atoms with E-state index in [4.69, 9.17) is 5.11 Å². The van der Waals surface area contributed by atoms with Gasteiger partial charge in [0.2, 0.25) is 0 Å². The molecule has 1 saturated carbocycles. The molecule has 1 aliphatic rings. The molecular formula is C12H16N2O. The molecule has 0 radical (unpaired) electrons. The number of aromatic nitrogens is 1. The van der Waals surface area contributed by atoms with Crippen LogP contribution in [0.5, 0.6) is 0 Å². The van der Waals surface area contributed by atoms with Crippen molar-refractivity contribution in [2.45, 2.75) is 25.5 Å². The molecule has 0 aromatic carbocycles. The average Bonchev–Trinajstić information content (AvgIpc) is 3.10. The van der Waals surface area contributed by atoms with Gasteiger partial charge in [-0.1, -0.05) is 12.1 Å². The first kappa shape index (κ1) is 10.2. The molecule has 80 valence electrons. The minimum Gasteiger partial charge on any atom is -0.392 e. The van der Waals surface area contributed by atoms with Crippen LogP contribution in [0.1, 0.15) is 18.4 Å². The van der Waals surface area contributed by atoms with Gasteiger partial charge in [-0.2, -0.15) is 0 Å². The molecule has 1 fully saturated rings. The number of hydrogen-bond donors (Lipinski definition) is 1. The fraction of sp³-hybridized carbons (Fsp3) is 0.417. The largest absolute Gasteiger partial charge is 0.392 e. The van der Waals surface area contributed by atoms with E-state index in [2.05, 4.69) is 16.5 Å². The summed E-state index contributed by atoms with van der Waals surface area (Å²) in [5.74, 6) is 0.981. The molecular weight excluding hydrogens is 188 g/mol. The Kier molecular flexibility index (Phi) is 3.02. The van der Waals surface area contributed by atoms with Gasteiger partial charge < -0.3 is 10.0 Å². The zero-order valence-electron chi connectivity index (χ0n) is 8.76. The van der Waals surface area contributed by atoms with E-state index < -0.39 is 0 Å². The molecule has 0 amide bonds. The normalized spacial score (nSPS) is 15.0. The summed E-state index contributed by atoms with van der Waals surface area (Å²) in [4.78, 5) is 6.61. The Morgan fingerprint density at radius 2 is 2.33 bits per heavy atom. The van der Waals surface area contributed by atoms with Crippen molar-refractivity contribution in [2.75, 3.05) is 11.4 Å². The lowest BCUT2D eigenvalue weighted by Crippen LogP contribution is -2.26. The van der Waals surface area contributed by atoms with E-state index >= 15 is 0 Å². The summed E-state index contributed by atoms with van der Waals surface area (Å²) in [6.45, 7) is 4.66. The quantitative estimate of drug-likeness (QED) is 0.742. The minimum atomic E-state index is 0.0537. The molecule has 3 heteroatoms. The fourth-order valence-electron chi connectivity index (χ4n) is 1.64. The van der Waals surface area contributed by atoms with E-state index in [1.165, 1.54) is 12.8 Å². The van der Waals surface area contributed by atoms with Gasteiger partial charge in [0.1, 0.15) is 5.82 Å². The van der Waals surface area contributed by atoms with Crippen LogP contribution < -0.4 is 4.90 Å². The molecule has 1 aromatic heterocycles. The molecule has 0 aliphatic heterocycles. The van der Waals surface area contributed by atoms with Gasteiger partial charge in [0.05, 0.1) is 6.61 Å². The number of rotatable bonds is 5. The van der Waals surface area contributed by atoms with E-state index in [1.807, 2.05) is 18.2 Å². The van der Waals surface area contributed by atoms with E-state index in [9.17, 15) is 0 Å². The van der Waals surface area contributed by atoms with Crippen molar-refractivity contribution in [3.8, 4) is 0 Å². The summed E-state index contributed by atoms with van der Waals surface area (Å²) in [5.41, 5.74) is 0.855. The third kappa shape index (κ3) is 2.36. The van der Waals surface area contributed by atoms with Gasteiger partial charge in [0.25, 0.3) is 0 Å². The summed E-state index contributed by atoms with van der Waals surface area (Å²) >= 11 is 0. The number of anilines is 1. The third-order valence-electron chi connectivity index (χ3n) is 2.60. The van der Waals surface area contributed by atoms with Crippen molar-refractivity contribution in [2.24, 2.45) is 0 Å². The smallest absolute Gasteiger partial charge is 0.129 e. The van der Waals surface area contributed by atoms with Crippen LogP contribution in [0, 0.1) is 0 Å². The van der Waals surface area contributed by atoms with Crippen molar-refractivity contribution in [1.29, 1.82) is 0 Å². The van der Waals surface area contributed by atoms with Crippen LogP contribution in [0.2, 0.25) is 0 Å². The number of aliphatic hydroxyl groups is 1. The van der Waals surface area contributed by atoms with Crippen LogP contribution in [0.4, 0.5) is 5.82 Å². The Balaban J connectivity index is 2.14. The lowest BCUT2D eigenvalue weighted by molar-refractivity contribution is 0.281. The average molecular weight is 204 g/mol. The van der Waals surface area contributed by atoms with E-state index in [-0.39, 0.29) is 6.61 Å². The van der Waals surface area contributed by atoms with Gasteiger partial charge in [0.15, 0.2) is 0 Å². The molecule has 0 atom stereocenters. The summed E-state index contributed by atoms with van der Waals surface area (Å²) in [6.07, 6.45) is 6.13. The topological polar surface area (TPSA) is 36.4 Å². The molecule has 0 unspecified atom stereocenters. The number of nitrogens with zero attached hydrogens (tertiary/aromatic N) is 2. The summed E-state index contributed by atoms with van der Waals surface area (Å²) in [6, 6.07) is 4.52. The van der Waals surface area contributed by atoms with Crippen molar-refractivity contribution in [1.82, 2.24) is 4.98 Å². The first-order valence-corrected chi connectivity index (χ1v) is 5.28. The Bertz CT molecular complexity index is 330.